The van der Waals surface area contributed by atoms with Gasteiger partial charge in [-0.2, -0.15) is 5.10 Å². The van der Waals surface area contributed by atoms with Gasteiger partial charge in [0.1, 0.15) is 11.3 Å². The Morgan fingerprint density at radius 3 is 2.54 bits per heavy atom. The normalized spacial score (nSPS) is 10.4. The number of carbonyl (C=O) groups excluding carboxylic acids is 2. The fraction of sp³-hybridized carbons (Fsp3) is 0.125. The monoisotopic (exact) mass is 326 g/mol. The molecule has 0 aliphatic rings. The van der Waals surface area contributed by atoms with Crippen LogP contribution in [-0.4, -0.2) is 40.7 Å². The zero-order valence-electron chi connectivity index (χ0n) is 13.0. The zero-order valence-corrected chi connectivity index (χ0v) is 13.0. The van der Waals surface area contributed by atoms with E-state index in [1.165, 1.54) is 24.0 Å². The fourth-order valence-corrected chi connectivity index (χ4v) is 2.14. The number of methoxy groups -OCH3 is 2. The first-order valence-electron chi connectivity index (χ1n) is 6.99. The number of esters is 1. The zero-order chi connectivity index (χ0) is 17.1. The molecule has 1 amide bonds. The topological polar surface area (TPSA) is 94.8 Å². The predicted octanol–water partition coefficient (Wildman–Crippen LogP) is 1.78. The highest BCUT2D eigenvalue weighted by molar-refractivity contribution is 6.04. The molecule has 0 aliphatic carbocycles. The molecule has 8 nitrogen and oxygen atoms in total. The van der Waals surface area contributed by atoms with Crippen LogP contribution in [0.15, 0.2) is 42.9 Å². The van der Waals surface area contributed by atoms with Crippen molar-refractivity contribution in [2.45, 2.75) is 0 Å². The molecule has 3 rings (SSSR count). The van der Waals surface area contributed by atoms with Crippen molar-refractivity contribution in [3.63, 3.8) is 0 Å². The summed E-state index contributed by atoms with van der Waals surface area (Å²) in [7, 11) is 2.85. The summed E-state index contributed by atoms with van der Waals surface area (Å²) in [5.74, 6) is -0.145. The maximum atomic E-state index is 12.2. The Labute approximate surface area is 137 Å². The molecular formula is C16H14N4O4. The third-order valence-corrected chi connectivity index (χ3v) is 3.37. The molecule has 1 N–H and O–H groups in total. The molecule has 122 valence electrons. The van der Waals surface area contributed by atoms with Gasteiger partial charge < -0.3 is 14.8 Å². The van der Waals surface area contributed by atoms with Gasteiger partial charge in [-0.15, -0.1) is 0 Å². The van der Waals surface area contributed by atoms with Crippen LogP contribution in [0.25, 0.3) is 5.65 Å². The van der Waals surface area contributed by atoms with Gasteiger partial charge in [0.15, 0.2) is 5.65 Å². The first-order chi connectivity index (χ1) is 11.6. The fourth-order valence-electron chi connectivity index (χ4n) is 2.14. The molecule has 0 atom stereocenters. The van der Waals surface area contributed by atoms with E-state index >= 15 is 0 Å². The first kappa shape index (κ1) is 15.5. The van der Waals surface area contributed by atoms with E-state index in [1.807, 2.05) is 0 Å². The number of rotatable bonds is 4. The molecule has 0 bridgehead atoms. The van der Waals surface area contributed by atoms with Crippen LogP contribution in [0.1, 0.15) is 20.7 Å². The number of hydrogen-bond acceptors (Lipinski definition) is 6. The van der Waals surface area contributed by atoms with E-state index in [9.17, 15) is 9.59 Å². The molecule has 2 aromatic heterocycles. The quantitative estimate of drug-likeness (QED) is 0.734. The molecule has 0 radical (unpaired) electrons. The first-order valence-corrected chi connectivity index (χ1v) is 6.99. The number of nitrogens with zero attached hydrogens (tertiary/aromatic N) is 3. The van der Waals surface area contributed by atoms with Crippen LogP contribution < -0.4 is 10.1 Å². The van der Waals surface area contributed by atoms with Crippen LogP contribution >= 0.6 is 0 Å². The summed E-state index contributed by atoms with van der Waals surface area (Å²) in [5.41, 5.74) is 1.53. The summed E-state index contributed by atoms with van der Waals surface area (Å²) in [5, 5.41) is 6.76. The second kappa shape index (κ2) is 6.37. The number of anilines is 1. The summed E-state index contributed by atoms with van der Waals surface area (Å²) in [6.07, 6.45) is 4.38. The summed E-state index contributed by atoms with van der Waals surface area (Å²) in [6, 6.07) is 6.71. The molecule has 3 aromatic rings. The second-order valence-electron chi connectivity index (χ2n) is 4.84. The van der Waals surface area contributed by atoms with Crippen molar-refractivity contribution in [2.24, 2.45) is 0 Å². The summed E-state index contributed by atoms with van der Waals surface area (Å²) in [6.45, 7) is 0. The van der Waals surface area contributed by atoms with Gasteiger partial charge in [-0.1, -0.05) is 0 Å². The molecule has 24 heavy (non-hydrogen) atoms. The third-order valence-electron chi connectivity index (χ3n) is 3.37. The van der Waals surface area contributed by atoms with Gasteiger partial charge in [0.2, 0.25) is 0 Å². The highest BCUT2D eigenvalue weighted by atomic mass is 16.5. The van der Waals surface area contributed by atoms with Gasteiger partial charge in [-0.05, 0) is 24.3 Å². The van der Waals surface area contributed by atoms with Crippen molar-refractivity contribution in [3.05, 3.63) is 54.0 Å². The highest BCUT2D eigenvalue weighted by Gasteiger charge is 2.15. The minimum atomic E-state index is -0.521. The van der Waals surface area contributed by atoms with Crippen LogP contribution in [0.3, 0.4) is 0 Å². The summed E-state index contributed by atoms with van der Waals surface area (Å²) >= 11 is 0. The van der Waals surface area contributed by atoms with Gasteiger partial charge in [-0.3, -0.25) is 4.79 Å². The third kappa shape index (κ3) is 2.89. The van der Waals surface area contributed by atoms with Crippen molar-refractivity contribution in [3.8, 4) is 5.75 Å². The Hall–Kier alpha value is -3.42. The van der Waals surface area contributed by atoms with Crippen molar-refractivity contribution in [1.82, 2.24) is 14.6 Å². The van der Waals surface area contributed by atoms with E-state index in [4.69, 9.17) is 4.74 Å². The number of hydrogen-bond donors (Lipinski definition) is 1. The second-order valence-corrected chi connectivity index (χ2v) is 4.84. The standard InChI is InChI=1S/C16H14N4O4/c1-23-12-5-3-10(4-6-12)15(21)19-11-7-17-14-13(16(22)24-2)8-18-20(14)9-11/h3-9H,1-2H3,(H,19,21). The lowest BCUT2D eigenvalue weighted by atomic mass is 10.2. The molecule has 8 heteroatoms. The van der Waals surface area contributed by atoms with Gasteiger partial charge in [-0.25, -0.2) is 14.3 Å². The number of fused-ring (bicyclic) bond motifs is 1. The smallest absolute Gasteiger partial charge is 0.343 e. The Kier molecular flexibility index (Phi) is 4.11. The molecule has 0 aliphatic heterocycles. The average molecular weight is 326 g/mol. The Balaban J connectivity index is 1.82. The molecule has 0 spiro atoms. The molecule has 0 fully saturated rings. The number of amides is 1. The van der Waals surface area contributed by atoms with Crippen molar-refractivity contribution < 1.29 is 19.1 Å². The molecule has 0 saturated heterocycles. The van der Waals surface area contributed by atoms with Crippen LogP contribution in [0.2, 0.25) is 0 Å². The van der Waals surface area contributed by atoms with E-state index in [1.54, 1.807) is 37.6 Å². The average Bonchev–Trinajstić information content (AvgIpc) is 3.04. The van der Waals surface area contributed by atoms with Crippen molar-refractivity contribution in [2.75, 3.05) is 19.5 Å². The Morgan fingerprint density at radius 2 is 1.88 bits per heavy atom. The van der Waals surface area contributed by atoms with E-state index in [2.05, 4.69) is 20.1 Å². The van der Waals surface area contributed by atoms with Gasteiger partial charge in [0, 0.05) is 5.56 Å². The molecule has 0 saturated carbocycles. The van der Waals surface area contributed by atoms with Crippen LogP contribution in [-0.2, 0) is 4.74 Å². The lowest BCUT2D eigenvalue weighted by molar-refractivity contribution is 0.0602. The van der Waals surface area contributed by atoms with Gasteiger partial charge in [0.25, 0.3) is 5.91 Å². The highest BCUT2D eigenvalue weighted by Crippen LogP contribution is 2.15. The largest absolute Gasteiger partial charge is 0.497 e. The molecule has 1 aromatic carbocycles. The van der Waals surface area contributed by atoms with E-state index in [0.717, 1.165) is 0 Å². The minimum absolute atomic E-state index is 0.255. The number of carbonyl (C=O) groups is 2. The van der Waals surface area contributed by atoms with Gasteiger partial charge in [0.05, 0.1) is 38.5 Å². The maximum Gasteiger partial charge on any atom is 0.343 e. The number of nitrogens with one attached hydrogen (secondary N) is 1. The van der Waals surface area contributed by atoms with Crippen LogP contribution in [0.4, 0.5) is 5.69 Å². The number of benzene rings is 1. The maximum absolute atomic E-state index is 12.2. The number of ether oxygens (including phenoxy) is 2. The van der Waals surface area contributed by atoms with Crippen molar-refractivity contribution in [1.29, 1.82) is 0 Å². The van der Waals surface area contributed by atoms with E-state index < -0.39 is 5.97 Å². The molecule has 2 heterocycles. The SMILES string of the molecule is COC(=O)c1cnn2cc(NC(=O)c3ccc(OC)cc3)cnc12. The van der Waals surface area contributed by atoms with E-state index in [-0.39, 0.29) is 11.5 Å². The lowest BCUT2D eigenvalue weighted by Crippen LogP contribution is -2.12. The van der Waals surface area contributed by atoms with Crippen LogP contribution in [0.5, 0.6) is 5.75 Å². The van der Waals surface area contributed by atoms with E-state index in [0.29, 0.717) is 22.6 Å². The number of aromatic nitrogens is 3. The predicted molar refractivity (Wildman–Crippen MR) is 85.3 cm³/mol. The van der Waals surface area contributed by atoms with Crippen molar-refractivity contribution >= 4 is 23.2 Å². The molecular weight excluding hydrogens is 312 g/mol. The summed E-state index contributed by atoms with van der Waals surface area (Å²) in [4.78, 5) is 28.0. The molecule has 0 unspecified atom stereocenters. The Bertz CT molecular complexity index is 902. The minimum Gasteiger partial charge on any atom is -0.497 e. The Morgan fingerprint density at radius 1 is 1.12 bits per heavy atom. The van der Waals surface area contributed by atoms with Crippen LogP contribution in [0, 0.1) is 0 Å². The lowest BCUT2D eigenvalue weighted by Gasteiger charge is -2.06. The van der Waals surface area contributed by atoms with Gasteiger partial charge >= 0.3 is 5.97 Å². The summed E-state index contributed by atoms with van der Waals surface area (Å²) < 4.78 is 11.1.